The van der Waals surface area contributed by atoms with E-state index in [2.05, 4.69) is 42.4 Å². The Labute approximate surface area is 161 Å². The number of nitrogens with zero attached hydrogens (tertiary/aromatic N) is 2. The molecule has 0 amide bonds. The molecule has 26 heavy (non-hydrogen) atoms. The number of anilines is 3. The standard InChI is InChI=1S/C16H22BrN5O3S/c1-10(23)14(9-25-2)21-15-13(17)8-19-16(22-15)20-11-4-6-12(7-5-11)26(3,18)24/h4-8,10,14,23H,3,9H2,1-2H3,(H2,18,24)(H2,19,20,21,22)/t10-,14-,26?/m1/s1. The number of aromatic nitrogens is 2. The molecular formula is C16H22BrN5O3S. The van der Waals surface area contributed by atoms with Gasteiger partial charge in [-0.2, -0.15) is 4.98 Å². The molecule has 0 radical (unpaired) electrons. The van der Waals surface area contributed by atoms with E-state index in [1.807, 2.05) is 0 Å². The van der Waals surface area contributed by atoms with Gasteiger partial charge in [0.2, 0.25) is 5.95 Å². The summed E-state index contributed by atoms with van der Waals surface area (Å²) in [6.45, 7) is 1.99. The van der Waals surface area contributed by atoms with Crippen LogP contribution in [-0.2, 0) is 14.4 Å². The maximum atomic E-state index is 11.7. The molecule has 1 heterocycles. The zero-order valence-corrected chi connectivity index (χ0v) is 16.9. The average Bonchev–Trinajstić information content (AvgIpc) is 2.57. The van der Waals surface area contributed by atoms with Gasteiger partial charge in [0.15, 0.2) is 0 Å². The fourth-order valence-electron chi connectivity index (χ4n) is 2.08. The number of hydrogen-bond donors (Lipinski definition) is 4. The maximum Gasteiger partial charge on any atom is 0.229 e. The minimum absolute atomic E-state index is 0.321. The topological polar surface area (TPSA) is 122 Å². The molecule has 0 spiro atoms. The van der Waals surface area contributed by atoms with Gasteiger partial charge in [0.25, 0.3) is 0 Å². The summed E-state index contributed by atoms with van der Waals surface area (Å²) in [4.78, 5) is 9.07. The van der Waals surface area contributed by atoms with Crippen molar-refractivity contribution in [1.29, 1.82) is 0 Å². The lowest BCUT2D eigenvalue weighted by Gasteiger charge is -2.22. The third kappa shape index (κ3) is 5.64. The van der Waals surface area contributed by atoms with Crippen molar-refractivity contribution in [1.82, 2.24) is 9.97 Å². The minimum Gasteiger partial charge on any atom is -0.391 e. The molecular weight excluding hydrogens is 422 g/mol. The molecule has 1 aromatic heterocycles. The quantitative estimate of drug-likeness (QED) is 0.458. The number of methoxy groups -OCH3 is 1. The summed E-state index contributed by atoms with van der Waals surface area (Å²) in [5.74, 6) is 4.32. The Morgan fingerprint density at radius 2 is 2.08 bits per heavy atom. The van der Waals surface area contributed by atoms with Crippen LogP contribution in [0.25, 0.3) is 0 Å². The Kier molecular flexibility index (Phi) is 6.95. The molecule has 8 nitrogen and oxygen atoms in total. The number of halogens is 1. The van der Waals surface area contributed by atoms with E-state index in [0.29, 0.717) is 33.4 Å². The van der Waals surface area contributed by atoms with Crippen molar-refractivity contribution in [2.24, 2.45) is 5.14 Å². The van der Waals surface area contributed by atoms with E-state index in [1.54, 1.807) is 44.5 Å². The summed E-state index contributed by atoms with van der Waals surface area (Å²) in [6.07, 6.45) is 0.968. The number of rotatable bonds is 8. The van der Waals surface area contributed by atoms with Crippen LogP contribution in [0.4, 0.5) is 17.5 Å². The van der Waals surface area contributed by atoms with Crippen molar-refractivity contribution >= 4 is 49.0 Å². The van der Waals surface area contributed by atoms with E-state index in [-0.39, 0.29) is 6.04 Å². The Bertz CT molecular complexity index is 843. The third-order valence-electron chi connectivity index (χ3n) is 3.50. The van der Waals surface area contributed by atoms with Crippen LogP contribution in [0.15, 0.2) is 39.8 Å². The predicted octanol–water partition coefficient (Wildman–Crippen LogP) is 1.74. The minimum atomic E-state index is -2.74. The highest BCUT2D eigenvalue weighted by molar-refractivity contribution is 9.10. The lowest BCUT2D eigenvalue weighted by molar-refractivity contribution is 0.106. The van der Waals surface area contributed by atoms with E-state index in [1.165, 1.54) is 0 Å². The summed E-state index contributed by atoms with van der Waals surface area (Å²) in [5.41, 5.74) is 0.703. The molecule has 0 aliphatic rings. The number of aliphatic hydroxyl groups excluding tert-OH is 1. The van der Waals surface area contributed by atoms with Gasteiger partial charge in [-0.25, -0.2) is 9.19 Å². The summed E-state index contributed by atoms with van der Waals surface area (Å²) in [7, 11) is -1.18. The lowest BCUT2D eigenvalue weighted by Crippen LogP contribution is -2.36. The molecule has 2 rings (SSSR count). The van der Waals surface area contributed by atoms with Crippen molar-refractivity contribution in [3.63, 3.8) is 0 Å². The molecule has 2 aromatic rings. The average molecular weight is 444 g/mol. The Morgan fingerprint density at radius 3 is 2.62 bits per heavy atom. The van der Waals surface area contributed by atoms with E-state index in [4.69, 9.17) is 9.88 Å². The molecule has 5 N–H and O–H groups in total. The zero-order chi connectivity index (χ0) is 19.3. The lowest BCUT2D eigenvalue weighted by atomic mass is 10.2. The highest BCUT2D eigenvalue weighted by Crippen LogP contribution is 2.23. The second kappa shape index (κ2) is 8.78. The summed E-state index contributed by atoms with van der Waals surface area (Å²) < 4.78 is 17.5. The van der Waals surface area contributed by atoms with E-state index in [0.717, 1.165) is 0 Å². The van der Waals surface area contributed by atoms with Crippen molar-refractivity contribution in [3.05, 3.63) is 34.9 Å². The van der Waals surface area contributed by atoms with Crippen LogP contribution in [0.3, 0.4) is 0 Å². The van der Waals surface area contributed by atoms with Crippen molar-refractivity contribution in [3.8, 4) is 0 Å². The van der Waals surface area contributed by atoms with E-state index in [9.17, 15) is 9.32 Å². The Balaban J connectivity index is 2.18. The normalized spacial score (nSPS) is 15.7. The summed E-state index contributed by atoms with van der Waals surface area (Å²) in [6, 6.07) is 6.38. The first-order valence-corrected chi connectivity index (χ1v) is 10.3. The van der Waals surface area contributed by atoms with E-state index < -0.39 is 15.8 Å². The highest BCUT2D eigenvalue weighted by Gasteiger charge is 2.17. The van der Waals surface area contributed by atoms with Gasteiger partial charge in [0, 0.05) is 23.9 Å². The van der Waals surface area contributed by atoms with Crippen LogP contribution in [-0.4, -0.2) is 51.0 Å². The van der Waals surface area contributed by atoms with Crippen LogP contribution < -0.4 is 15.8 Å². The molecule has 0 aliphatic heterocycles. The molecule has 0 bridgehead atoms. The monoisotopic (exact) mass is 443 g/mol. The number of aliphatic hydroxyl groups is 1. The fourth-order valence-corrected chi connectivity index (χ4v) is 2.99. The zero-order valence-electron chi connectivity index (χ0n) is 14.5. The van der Waals surface area contributed by atoms with Crippen LogP contribution in [0.5, 0.6) is 0 Å². The molecule has 3 atom stereocenters. The molecule has 0 saturated carbocycles. The largest absolute Gasteiger partial charge is 0.391 e. The van der Waals surface area contributed by atoms with Crippen LogP contribution in [0, 0.1) is 0 Å². The maximum absolute atomic E-state index is 11.7. The highest BCUT2D eigenvalue weighted by atomic mass is 79.9. The van der Waals surface area contributed by atoms with Crippen molar-refractivity contribution in [2.45, 2.75) is 24.0 Å². The number of benzene rings is 1. The van der Waals surface area contributed by atoms with Crippen LogP contribution in [0.1, 0.15) is 6.92 Å². The first kappa shape index (κ1) is 20.6. The van der Waals surface area contributed by atoms with Gasteiger partial charge < -0.3 is 20.5 Å². The first-order valence-electron chi connectivity index (χ1n) is 7.69. The van der Waals surface area contributed by atoms with Gasteiger partial charge in [-0.3, -0.25) is 5.14 Å². The molecule has 0 saturated heterocycles. The van der Waals surface area contributed by atoms with Crippen LogP contribution in [0.2, 0.25) is 0 Å². The van der Waals surface area contributed by atoms with Gasteiger partial charge >= 0.3 is 0 Å². The number of nitrogens with one attached hydrogen (secondary N) is 2. The molecule has 142 valence electrons. The number of hydrogen-bond acceptors (Lipinski definition) is 7. The van der Waals surface area contributed by atoms with Crippen molar-refractivity contribution in [2.75, 3.05) is 24.4 Å². The SMILES string of the molecule is C=S(N)(=O)c1ccc(Nc2ncc(Br)c(N[C@H](COC)[C@@H](C)O)n2)cc1. The molecule has 0 aliphatic carbocycles. The van der Waals surface area contributed by atoms with Gasteiger partial charge in [-0.15, -0.1) is 0 Å². The second-order valence-corrected chi connectivity index (χ2v) is 8.49. The fraction of sp³-hybridized carbons (Fsp3) is 0.312. The van der Waals surface area contributed by atoms with Gasteiger partial charge in [0.05, 0.1) is 32.9 Å². The Hall–Kier alpha value is -1.72. The van der Waals surface area contributed by atoms with Crippen LogP contribution >= 0.6 is 15.9 Å². The summed E-state index contributed by atoms with van der Waals surface area (Å²) >= 11 is 3.39. The third-order valence-corrected chi connectivity index (χ3v) is 5.15. The van der Waals surface area contributed by atoms with E-state index >= 15 is 0 Å². The smallest absolute Gasteiger partial charge is 0.229 e. The molecule has 10 heteroatoms. The molecule has 1 aromatic carbocycles. The first-order chi connectivity index (χ1) is 12.2. The van der Waals surface area contributed by atoms with Crippen molar-refractivity contribution < 1.29 is 14.1 Å². The number of ether oxygens (including phenoxy) is 1. The molecule has 0 fully saturated rings. The molecule has 1 unspecified atom stereocenters. The van der Waals surface area contributed by atoms with Gasteiger partial charge in [-0.1, -0.05) is 0 Å². The predicted molar refractivity (Wildman–Crippen MR) is 108 cm³/mol. The van der Waals surface area contributed by atoms with Gasteiger partial charge in [0.1, 0.15) is 5.82 Å². The Morgan fingerprint density at radius 1 is 1.42 bits per heavy atom. The van der Waals surface area contributed by atoms with Gasteiger partial charge in [-0.05, 0) is 53.0 Å². The second-order valence-electron chi connectivity index (χ2n) is 5.71. The summed E-state index contributed by atoms with van der Waals surface area (Å²) in [5, 5.41) is 21.5. The number of nitrogens with two attached hydrogens (primary N) is 1.